The monoisotopic (exact) mass is 349 g/mol. The number of benzene rings is 1. The van der Waals surface area contributed by atoms with Crippen LogP contribution >= 0.6 is 11.8 Å². The average Bonchev–Trinajstić information content (AvgIpc) is 3.00. The van der Waals surface area contributed by atoms with Gasteiger partial charge in [0.2, 0.25) is 0 Å². The van der Waals surface area contributed by atoms with Gasteiger partial charge in [-0.25, -0.2) is 0 Å². The van der Waals surface area contributed by atoms with Crippen molar-refractivity contribution in [2.45, 2.75) is 18.2 Å². The number of methoxy groups -OCH3 is 1. The van der Waals surface area contributed by atoms with Crippen molar-refractivity contribution in [3.63, 3.8) is 0 Å². The smallest absolute Gasteiger partial charge is 0.310 e. The summed E-state index contributed by atoms with van der Waals surface area (Å²) in [7, 11) is 3.24. The Balaban J connectivity index is 1.72. The highest BCUT2D eigenvalue weighted by Gasteiger charge is 2.36. The van der Waals surface area contributed by atoms with E-state index in [1.54, 1.807) is 7.05 Å². The van der Waals surface area contributed by atoms with Gasteiger partial charge in [-0.2, -0.15) is 0 Å². The molecular formula is C18H27N3O2S. The van der Waals surface area contributed by atoms with Crippen LogP contribution in [0, 0.1) is 11.8 Å². The lowest BCUT2D eigenvalue weighted by Crippen LogP contribution is -2.41. The minimum Gasteiger partial charge on any atom is -0.469 e. The molecule has 0 amide bonds. The maximum atomic E-state index is 11.8. The molecular weight excluding hydrogens is 322 g/mol. The minimum absolute atomic E-state index is 0.0674. The second kappa shape index (κ2) is 9.57. The fraction of sp³-hybridized carbons (Fsp3) is 0.556. The van der Waals surface area contributed by atoms with E-state index in [0.29, 0.717) is 6.54 Å². The number of esters is 1. The van der Waals surface area contributed by atoms with Gasteiger partial charge in [-0.1, -0.05) is 25.1 Å². The predicted octanol–water partition coefficient (Wildman–Crippen LogP) is 2.49. The van der Waals surface area contributed by atoms with E-state index in [4.69, 9.17) is 4.74 Å². The van der Waals surface area contributed by atoms with Crippen molar-refractivity contribution in [1.29, 1.82) is 0 Å². The van der Waals surface area contributed by atoms with Gasteiger partial charge < -0.3 is 15.0 Å². The predicted molar refractivity (Wildman–Crippen MR) is 99.4 cm³/mol. The number of hydrogen-bond donors (Lipinski definition) is 1. The molecule has 0 aliphatic carbocycles. The molecule has 5 nitrogen and oxygen atoms in total. The molecule has 2 unspecified atom stereocenters. The molecule has 2 atom stereocenters. The summed E-state index contributed by atoms with van der Waals surface area (Å²) < 4.78 is 4.89. The maximum absolute atomic E-state index is 11.8. The summed E-state index contributed by atoms with van der Waals surface area (Å²) in [6, 6.07) is 10.4. The van der Waals surface area contributed by atoms with Crippen molar-refractivity contribution in [2.24, 2.45) is 16.8 Å². The number of ether oxygens (including phenoxy) is 1. The Hall–Kier alpha value is -1.69. The van der Waals surface area contributed by atoms with Crippen LogP contribution in [0.15, 0.2) is 40.2 Å². The number of carbonyl (C=O) groups is 1. The summed E-state index contributed by atoms with van der Waals surface area (Å²) in [5.74, 6) is 2.03. The van der Waals surface area contributed by atoms with E-state index in [2.05, 4.69) is 46.4 Å². The molecule has 1 aliphatic heterocycles. The first-order valence-electron chi connectivity index (χ1n) is 8.37. The average molecular weight is 350 g/mol. The van der Waals surface area contributed by atoms with E-state index in [1.807, 2.05) is 17.8 Å². The van der Waals surface area contributed by atoms with Crippen molar-refractivity contribution in [3.05, 3.63) is 30.3 Å². The van der Waals surface area contributed by atoms with Gasteiger partial charge in [0, 0.05) is 31.6 Å². The molecule has 2 rings (SSSR count). The second-order valence-electron chi connectivity index (χ2n) is 6.00. The molecule has 0 saturated carbocycles. The number of likely N-dealkylation sites (tertiary alicyclic amines) is 1. The normalized spacial score (nSPS) is 21.0. The molecule has 1 N–H and O–H groups in total. The number of aliphatic imine (C=N–C) groups is 1. The fourth-order valence-electron chi connectivity index (χ4n) is 2.91. The highest BCUT2D eigenvalue weighted by Crippen LogP contribution is 2.24. The van der Waals surface area contributed by atoms with Gasteiger partial charge in [0.15, 0.2) is 5.96 Å². The Kier molecular flexibility index (Phi) is 7.43. The minimum atomic E-state index is -0.125. The molecule has 24 heavy (non-hydrogen) atoms. The Bertz CT molecular complexity index is 550. The third-order valence-corrected chi connectivity index (χ3v) is 5.34. The molecule has 1 aromatic rings. The summed E-state index contributed by atoms with van der Waals surface area (Å²) >= 11 is 1.86. The number of hydrogen-bond acceptors (Lipinski definition) is 4. The summed E-state index contributed by atoms with van der Waals surface area (Å²) in [6.45, 7) is 4.47. The molecule has 1 saturated heterocycles. The number of guanidine groups is 1. The lowest BCUT2D eigenvalue weighted by atomic mass is 9.99. The molecule has 0 aromatic heterocycles. The Morgan fingerprint density at radius 1 is 1.38 bits per heavy atom. The van der Waals surface area contributed by atoms with Gasteiger partial charge in [-0.3, -0.25) is 9.79 Å². The van der Waals surface area contributed by atoms with Crippen molar-refractivity contribution in [3.8, 4) is 0 Å². The van der Waals surface area contributed by atoms with Gasteiger partial charge in [0.1, 0.15) is 0 Å². The van der Waals surface area contributed by atoms with Crippen LogP contribution in [-0.4, -0.2) is 56.4 Å². The van der Waals surface area contributed by atoms with E-state index in [9.17, 15) is 4.79 Å². The van der Waals surface area contributed by atoms with Crippen molar-refractivity contribution < 1.29 is 9.53 Å². The standard InChI is InChI=1S/C18H27N3O2S/c1-14-12-21(13-16(14)17(22)23-3)18(19-2)20-10-7-11-24-15-8-5-4-6-9-15/h4-6,8-9,14,16H,7,10-13H2,1-3H3,(H,19,20). The van der Waals surface area contributed by atoms with E-state index in [0.717, 1.165) is 31.2 Å². The highest BCUT2D eigenvalue weighted by molar-refractivity contribution is 7.99. The van der Waals surface area contributed by atoms with Crippen LogP contribution in [0.2, 0.25) is 0 Å². The van der Waals surface area contributed by atoms with Crippen LogP contribution in [0.1, 0.15) is 13.3 Å². The van der Waals surface area contributed by atoms with Gasteiger partial charge in [-0.05, 0) is 30.2 Å². The number of thioether (sulfide) groups is 1. The van der Waals surface area contributed by atoms with Crippen LogP contribution in [-0.2, 0) is 9.53 Å². The zero-order valence-electron chi connectivity index (χ0n) is 14.7. The summed E-state index contributed by atoms with van der Waals surface area (Å²) in [4.78, 5) is 19.6. The third-order valence-electron chi connectivity index (χ3n) is 4.24. The van der Waals surface area contributed by atoms with Crippen LogP contribution in [0.3, 0.4) is 0 Å². The molecule has 0 bridgehead atoms. The van der Waals surface area contributed by atoms with Crippen molar-refractivity contribution >= 4 is 23.7 Å². The maximum Gasteiger partial charge on any atom is 0.310 e. The van der Waals surface area contributed by atoms with Crippen LogP contribution in [0.25, 0.3) is 0 Å². The Morgan fingerprint density at radius 3 is 2.79 bits per heavy atom. The lowest BCUT2D eigenvalue weighted by Gasteiger charge is -2.21. The van der Waals surface area contributed by atoms with Crippen molar-refractivity contribution in [2.75, 3.05) is 39.5 Å². The first-order valence-corrected chi connectivity index (χ1v) is 9.35. The van der Waals surface area contributed by atoms with E-state index < -0.39 is 0 Å². The van der Waals surface area contributed by atoms with Gasteiger partial charge in [0.25, 0.3) is 0 Å². The zero-order chi connectivity index (χ0) is 17.4. The van der Waals surface area contributed by atoms with Gasteiger partial charge >= 0.3 is 5.97 Å². The summed E-state index contributed by atoms with van der Waals surface area (Å²) in [5.41, 5.74) is 0. The SMILES string of the molecule is CN=C(NCCCSc1ccccc1)N1CC(C)C(C(=O)OC)C1. The number of nitrogens with one attached hydrogen (secondary N) is 1. The molecule has 0 radical (unpaired) electrons. The third kappa shape index (κ3) is 5.16. The Labute approximate surface area is 148 Å². The van der Waals surface area contributed by atoms with Crippen molar-refractivity contribution in [1.82, 2.24) is 10.2 Å². The number of nitrogens with zero attached hydrogens (tertiary/aromatic N) is 2. The second-order valence-corrected chi connectivity index (χ2v) is 7.17. The molecule has 1 fully saturated rings. The van der Waals surface area contributed by atoms with Gasteiger partial charge in [-0.15, -0.1) is 11.8 Å². The van der Waals surface area contributed by atoms with E-state index in [-0.39, 0.29) is 17.8 Å². The van der Waals surface area contributed by atoms with Gasteiger partial charge in [0.05, 0.1) is 13.0 Å². The fourth-order valence-corrected chi connectivity index (χ4v) is 3.78. The molecule has 1 aliphatic rings. The van der Waals surface area contributed by atoms with Crippen LogP contribution in [0.4, 0.5) is 0 Å². The number of rotatable bonds is 6. The summed E-state index contributed by atoms with van der Waals surface area (Å²) in [5, 5.41) is 3.41. The molecule has 1 heterocycles. The Morgan fingerprint density at radius 2 is 2.12 bits per heavy atom. The molecule has 132 valence electrons. The lowest BCUT2D eigenvalue weighted by molar-refractivity contribution is -0.145. The molecule has 0 spiro atoms. The topological polar surface area (TPSA) is 53.9 Å². The van der Waals surface area contributed by atoms with E-state index >= 15 is 0 Å². The first-order chi connectivity index (χ1) is 11.7. The number of carbonyl (C=O) groups excluding carboxylic acids is 1. The zero-order valence-corrected chi connectivity index (χ0v) is 15.5. The van der Waals surface area contributed by atoms with Crippen LogP contribution in [0.5, 0.6) is 0 Å². The highest BCUT2D eigenvalue weighted by atomic mass is 32.2. The molecule has 6 heteroatoms. The first kappa shape index (κ1) is 18.6. The largest absolute Gasteiger partial charge is 0.469 e. The molecule has 1 aromatic carbocycles. The quantitative estimate of drug-likeness (QED) is 0.281. The summed E-state index contributed by atoms with van der Waals surface area (Å²) in [6.07, 6.45) is 1.06. The van der Waals surface area contributed by atoms with Crippen LogP contribution < -0.4 is 5.32 Å². The van der Waals surface area contributed by atoms with E-state index in [1.165, 1.54) is 12.0 Å².